The number of ether oxygens (including phenoxy) is 2. The number of carbonyl (C=O) groups is 2. The van der Waals surface area contributed by atoms with Crippen molar-refractivity contribution in [3.63, 3.8) is 0 Å². The van der Waals surface area contributed by atoms with E-state index in [-0.39, 0.29) is 18.5 Å². The number of hydrogen-bond acceptors (Lipinski definition) is 6. The molecule has 1 aliphatic heterocycles. The van der Waals surface area contributed by atoms with Gasteiger partial charge >= 0.3 is 12.1 Å². The molecule has 2 rings (SSSR count). The summed E-state index contributed by atoms with van der Waals surface area (Å²) in [7, 11) is 0. The average Bonchev–Trinajstić information content (AvgIpc) is 2.78. The van der Waals surface area contributed by atoms with Crippen LogP contribution in [-0.2, 0) is 9.53 Å². The quantitative estimate of drug-likeness (QED) is 0.822. The molecule has 0 aliphatic carbocycles. The normalized spacial score (nSPS) is 14.2. The molecular formula is C11H14N4O4. The van der Waals surface area contributed by atoms with Crippen molar-refractivity contribution in [1.29, 1.82) is 0 Å². The Labute approximate surface area is 109 Å². The summed E-state index contributed by atoms with van der Waals surface area (Å²) in [4.78, 5) is 32.0. The highest BCUT2D eigenvalue weighted by atomic mass is 16.6. The molecule has 1 fully saturated rings. The first-order valence-corrected chi connectivity index (χ1v) is 5.85. The third-order valence-corrected chi connectivity index (χ3v) is 2.36. The van der Waals surface area contributed by atoms with Crippen molar-refractivity contribution in [2.75, 3.05) is 31.6 Å². The maximum Gasteiger partial charge on any atom is 0.410 e. The van der Waals surface area contributed by atoms with E-state index in [1.165, 1.54) is 17.3 Å². The second kappa shape index (κ2) is 5.98. The molecule has 1 saturated heterocycles. The van der Waals surface area contributed by atoms with Crippen LogP contribution in [0.1, 0.15) is 6.92 Å². The number of amides is 2. The summed E-state index contributed by atoms with van der Waals surface area (Å²) in [5.41, 5.74) is 0.445. The maximum atomic E-state index is 11.7. The van der Waals surface area contributed by atoms with E-state index in [4.69, 9.17) is 9.47 Å². The van der Waals surface area contributed by atoms with Crippen molar-refractivity contribution in [3.05, 3.63) is 12.4 Å². The fourth-order valence-corrected chi connectivity index (χ4v) is 1.53. The molecule has 2 amide bonds. The molecule has 0 spiro atoms. The lowest BCUT2D eigenvalue weighted by Crippen LogP contribution is -2.33. The van der Waals surface area contributed by atoms with Crippen LogP contribution in [0.15, 0.2) is 12.4 Å². The highest BCUT2D eigenvalue weighted by molar-refractivity contribution is 5.93. The Morgan fingerprint density at radius 1 is 1.53 bits per heavy atom. The van der Waals surface area contributed by atoms with Gasteiger partial charge in [-0.25, -0.2) is 14.8 Å². The van der Waals surface area contributed by atoms with Gasteiger partial charge in [-0.3, -0.25) is 9.69 Å². The van der Waals surface area contributed by atoms with Gasteiger partial charge in [0.2, 0.25) is 5.91 Å². The van der Waals surface area contributed by atoms with Gasteiger partial charge in [0.05, 0.1) is 31.2 Å². The van der Waals surface area contributed by atoms with Crippen LogP contribution >= 0.6 is 0 Å². The van der Waals surface area contributed by atoms with Crippen LogP contribution in [0.5, 0.6) is 6.01 Å². The lowest BCUT2D eigenvalue weighted by atomic mass is 10.4. The molecule has 0 atom stereocenters. The molecule has 2 heterocycles. The minimum atomic E-state index is -0.474. The van der Waals surface area contributed by atoms with E-state index < -0.39 is 6.09 Å². The first kappa shape index (κ1) is 13.1. The summed E-state index contributed by atoms with van der Waals surface area (Å²) >= 11 is 0. The van der Waals surface area contributed by atoms with Crippen LogP contribution in [0.4, 0.5) is 10.5 Å². The van der Waals surface area contributed by atoms with Gasteiger partial charge in [-0.1, -0.05) is 0 Å². The van der Waals surface area contributed by atoms with Crippen LogP contribution in [0.25, 0.3) is 0 Å². The molecule has 1 aromatic rings. The van der Waals surface area contributed by atoms with Crippen molar-refractivity contribution in [3.8, 4) is 6.01 Å². The molecule has 1 aromatic heterocycles. The molecule has 1 aliphatic rings. The topological polar surface area (TPSA) is 93.6 Å². The average molecular weight is 266 g/mol. The minimum absolute atomic E-state index is 0.0496. The minimum Gasteiger partial charge on any atom is -0.464 e. The van der Waals surface area contributed by atoms with Gasteiger partial charge in [0.15, 0.2) is 0 Å². The van der Waals surface area contributed by atoms with Crippen LogP contribution in [0.2, 0.25) is 0 Å². The summed E-state index contributed by atoms with van der Waals surface area (Å²) < 4.78 is 9.81. The van der Waals surface area contributed by atoms with E-state index in [0.717, 1.165) is 0 Å². The van der Waals surface area contributed by atoms with Gasteiger partial charge in [0, 0.05) is 0 Å². The number of carbonyl (C=O) groups excluding carboxylic acids is 2. The molecule has 19 heavy (non-hydrogen) atoms. The number of nitrogens with one attached hydrogen (secondary N) is 1. The van der Waals surface area contributed by atoms with E-state index in [1.54, 1.807) is 0 Å². The molecular weight excluding hydrogens is 252 g/mol. The first-order chi connectivity index (χ1) is 9.19. The Morgan fingerprint density at radius 3 is 2.84 bits per heavy atom. The molecule has 0 unspecified atom stereocenters. The fraction of sp³-hybridized carbons (Fsp3) is 0.455. The first-order valence-electron chi connectivity index (χ1n) is 5.85. The molecule has 0 bridgehead atoms. The highest BCUT2D eigenvalue weighted by Gasteiger charge is 2.24. The number of rotatable bonds is 5. The molecule has 8 nitrogen and oxygen atoms in total. The predicted octanol–water partition coefficient (Wildman–Crippen LogP) is 0.266. The Hall–Kier alpha value is -2.38. The Balaban J connectivity index is 1.86. The molecule has 102 valence electrons. The summed E-state index contributed by atoms with van der Waals surface area (Å²) in [6.07, 6.45) is 2.41. The lowest BCUT2D eigenvalue weighted by Gasteiger charge is -2.12. The van der Waals surface area contributed by atoms with Crippen molar-refractivity contribution in [1.82, 2.24) is 14.9 Å². The third-order valence-electron chi connectivity index (χ3n) is 2.36. The van der Waals surface area contributed by atoms with Crippen LogP contribution in [0, 0.1) is 0 Å². The van der Waals surface area contributed by atoms with Crippen LogP contribution in [-0.4, -0.2) is 53.2 Å². The predicted molar refractivity (Wildman–Crippen MR) is 64.8 cm³/mol. The summed E-state index contributed by atoms with van der Waals surface area (Å²) in [5.74, 6) is -0.327. The van der Waals surface area contributed by atoms with Crippen LogP contribution in [0.3, 0.4) is 0 Å². The molecule has 0 radical (unpaired) electrons. The van der Waals surface area contributed by atoms with Gasteiger partial charge in [0.25, 0.3) is 0 Å². The van der Waals surface area contributed by atoms with Crippen LogP contribution < -0.4 is 10.1 Å². The fourth-order valence-electron chi connectivity index (χ4n) is 1.53. The summed E-state index contributed by atoms with van der Waals surface area (Å²) in [5, 5.41) is 2.59. The number of cyclic esters (lactones) is 1. The Kier molecular flexibility index (Phi) is 4.11. The van der Waals surface area contributed by atoms with E-state index in [9.17, 15) is 9.59 Å². The van der Waals surface area contributed by atoms with Gasteiger partial charge in [0.1, 0.15) is 13.2 Å². The summed E-state index contributed by atoms with van der Waals surface area (Å²) in [6, 6.07) is 0.253. The molecule has 1 N–H and O–H groups in total. The number of anilines is 1. The van der Waals surface area contributed by atoms with Gasteiger partial charge in [-0.2, -0.15) is 0 Å². The van der Waals surface area contributed by atoms with Crippen molar-refractivity contribution in [2.45, 2.75) is 6.92 Å². The number of nitrogens with zero attached hydrogens (tertiary/aromatic N) is 3. The van der Waals surface area contributed by atoms with Crippen molar-refractivity contribution in [2.24, 2.45) is 0 Å². The second-order valence-electron chi connectivity index (χ2n) is 3.77. The molecule has 0 aromatic carbocycles. The van der Waals surface area contributed by atoms with Gasteiger partial charge in [-0.05, 0) is 6.92 Å². The Morgan fingerprint density at radius 2 is 2.26 bits per heavy atom. The standard InChI is InChI=1S/C11H14N4O4/c1-2-18-10-12-5-8(6-13-10)14-9(16)7-15-3-4-19-11(15)17/h5-6H,2-4,7H2,1H3,(H,14,16). The van der Waals surface area contributed by atoms with Crippen molar-refractivity contribution < 1.29 is 19.1 Å². The zero-order valence-corrected chi connectivity index (χ0v) is 10.5. The van der Waals surface area contributed by atoms with E-state index in [0.29, 0.717) is 25.4 Å². The van der Waals surface area contributed by atoms with Gasteiger partial charge in [-0.15, -0.1) is 0 Å². The molecule has 0 saturated carbocycles. The zero-order chi connectivity index (χ0) is 13.7. The van der Waals surface area contributed by atoms with E-state index in [1.807, 2.05) is 6.92 Å². The molecule has 8 heteroatoms. The third kappa shape index (κ3) is 3.54. The smallest absolute Gasteiger partial charge is 0.410 e. The van der Waals surface area contributed by atoms with E-state index in [2.05, 4.69) is 15.3 Å². The summed E-state index contributed by atoms with van der Waals surface area (Å²) in [6.45, 7) is 2.99. The van der Waals surface area contributed by atoms with Gasteiger partial charge < -0.3 is 14.8 Å². The second-order valence-corrected chi connectivity index (χ2v) is 3.77. The number of hydrogen-bond donors (Lipinski definition) is 1. The monoisotopic (exact) mass is 266 g/mol. The largest absolute Gasteiger partial charge is 0.464 e. The highest BCUT2D eigenvalue weighted by Crippen LogP contribution is 2.08. The number of aromatic nitrogens is 2. The maximum absolute atomic E-state index is 11.7. The zero-order valence-electron chi connectivity index (χ0n) is 10.5. The van der Waals surface area contributed by atoms with Crippen molar-refractivity contribution >= 4 is 17.7 Å². The SMILES string of the molecule is CCOc1ncc(NC(=O)CN2CCOC2=O)cn1. The Bertz CT molecular complexity index is 462. The van der Waals surface area contributed by atoms with E-state index >= 15 is 0 Å². The lowest BCUT2D eigenvalue weighted by molar-refractivity contribution is -0.116.